The first-order chi connectivity index (χ1) is 11.2. The highest BCUT2D eigenvalue weighted by atomic mass is 16.5. The van der Waals surface area contributed by atoms with Crippen LogP contribution in [0.2, 0.25) is 0 Å². The molecule has 118 valence electrons. The molecule has 0 saturated heterocycles. The normalized spacial score (nSPS) is 9.74. The minimum absolute atomic E-state index is 0.211. The fraction of sp³-hybridized carbons (Fsp3) is 0.222. The van der Waals surface area contributed by atoms with Gasteiger partial charge in [-0.1, -0.05) is 24.3 Å². The van der Waals surface area contributed by atoms with Gasteiger partial charge in [-0.2, -0.15) is 5.26 Å². The highest BCUT2D eigenvalue weighted by molar-refractivity contribution is 5.73. The van der Waals surface area contributed by atoms with Crippen molar-refractivity contribution in [3.05, 3.63) is 65.2 Å². The third-order valence-electron chi connectivity index (χ3n) is 3.37. The number of nitriles is 1. The number of hydrogen-bond donors (Lipinski definition) is 2. The van der Waals surface area contributed by atoms with E-state index in [-0.39, 0.29) is 6.03 Å². The van der Waals surface area contributed by atoms with Crippen molar-refractivity contribution in [2.45, 2.75) is 13.0 Å². The second kappa shape index (κ2) is 8.44. The third-order valence-corrected chi connectivity index (χ3v) is 3.37. The largest absolute Gasteiger partial charge is 0.497 e. The molecule has 0 aliphatic rings. The summed E-state index contributed by atoms with van der Waals surface area (Å²) >= 11 is 0. The Labute approximate surface area is 135 Å². The maximum atomic E-state index is 11.8. The maximum Gasteiger partial charge on any atom is 0.315 e. The Morgan fingerprint density at radius 1 is 1.13 bits per heavy atom. The van der Waals surface area contributed by atoms with Gasteiger partial charge < -0.3 is 15.4 Å². The molecule has 2 N–H and O–H groups in total. The van der Waals surface area contributed by atoms with Crippen molar-refractivity contribution in [3.63, 3.8) is 0 Å². The Morgan fingerprint density at radius 3 is 2.61 bits per heavy atom. The zero-order valence-electron chi connectivity index (χ0n) is 13.0. The molecule has 0 spiro atoms. The molecule has 0 radical (unpaired) electrons. The summed E-state index contributed by atoms with van der Waals surface area (Å²) in [5, 5.41) is 14.3. The Kier molecular flexibility index (Phi) is 6.01. The maximum absolute atomic E-state index is 11.8. The van der Waals surface area contributed by atoms with Gasteiger partial charge in [0.1, 0.15) is 5.75 Å². The Bertz CT molecular complexity index is 690. The van der Waals surface area contributed by atoms with Crippen molar-refractivity contribution in [1.29, 1.82) is 5.26 Å². The van der Waals surface area contributed by atoms with Crippen LogP contribution in [0, 0.1) is 11.3 Å². The number of methoxy groups -OCH3 is 1. The number of carbonyl (C=O) groups is 1. The molecule has 0 fully saturated rings. The van der Waals surface area contributed by atoms with Crippen LogP contribution < -0.4 is 15.4 Å². The summed E-state index contributed by atoms with van der Waals surface area (Å²) in [5.41, 5.74) is 2.67. The highest BCUT2D eigenvalue weighted by Crippen LogP contribution is 2.12. The summed E-state index contributed by atoms with van der Waals surface area (Å²) in [7, 11) is 1.63. The van der Waals surface area contributed by atoms with Crippen molar-refractivity contribution in [1.82, 2.24) is 10.6 Å². The first-order valence-corrected chi connectivity index (χ1v) is 7.35. The van der Waals surface area contributed by atoms with Crippen LogP contribution in [0.1, 0.15) is 16.7 Å². The van der Waals surface area contributed by atoms with E-state index in [1.807, 2.05) is 36.4 Å². The molecule has 0 aliphatic carbocycles. The number of amides is 2. The van der Waals surface area contributed by atoms with Crippen molar-refractivity contribution in [2.24, 2.45) is 0 Å². The third kappa shape index (κ3) is 5.36. The standard InChI is InChI=1S/C18H19N3O2/c1-23-17-4-2-3-14(11-17)9-10-20-18(22)21-13-16-7-5-15(12-19)6-8-16/h2-8,11H,9-10,13H2,1H3,(H2,20,21,22). The van der Waals surface area contributed by atoms with E-state index < -0.39 is 0 Å². The molecule has 2 aromatic rings. The van der Waals surface area contributed by atoms with Crippen LogP contribution >= 0.6 is 0 Å². The topological polar surface area (TPSA) is 74.2 Å². The number of rotatable bonds is 6. The fourth-order valence-corrected chi connectivity index (χ4v) is 2.09. The van der Waals surface area contributed by atoms with Gasteiger partial charge in [0.2, 0.25) is 0 Å². The number of nitrogens with zero attached hydrogens (tertiary/aromatic N) is 1. The van der Waals surface area contributed by atoms with Crippen molar-refractivity contribution >= 4 is 6.03 Å². The summed E-state index contributed by atoms with van der Waals surface area (Å²) < 4.78 is 5.17. The zero-order valence-corrected chi connectivity index (χ0v) is 13.0. The van der Waals surface area contributed by atoms with Crippen LogP contribution in [0.3, 0.4) is 0 Å². The molecule has 2 rings (SSSR count). The van der Waals surface area contributed by atoms with Crippen molar-refractivity contribution < 1.29 is 9.53 Å². The van der Waals surface area contributed by atoms with Crippen LogP contribution in [-0.2, 0) is 13.0 Å². The van der Waals surface area contributed by atoms with Gasteiger partial charge in [-0.25, -0.2) is 4.79 Å². The van der Waals surface area contributed by atoms with E-state index in [4.69, 9.17) is 10.00 Å². The minimum Gasteiger partial charge on any atom is -0.497 e. The predicted octanol–water partition coefficient (Wildman–Crippen LogP) is 2.61. The van der Waals surface area contributed by atoms with Crippen LogP contribution in [0.25, 0.3) is 0 Å². The average Bonchev–Trinajstić information content (AvgIpc) is 2.60. The van der Waals surface area contributed by atoms with E-state index in [9.17, 15) is 4.79 Å². The number of benzene rings is 2. The summed E-state index contributed by atoms with van der Waals surface area (Å²) in [5.74, 6) is 0.813. The first kappa shape index (κ1) is 16.4. The zero-order chi connectivity index (χ0) is 16.5. The van der Waals surface area contributed by atoms with Crippen LogP contribution in [0.5, 0.6) is 5.75 Å². The van der Waals surface area contributed by atoms with Crippen molar-refractivity contribution in [2.75, 3.05) is 13.7 Å². The second-order valence-electron chi connectivity index (χ2n) is 5.02. The average molecular weight is 309 g/mol. The molecule has 0 aliphatic heterocycles. The first-order valence-electron chi connectivity index (χ1n) is 7.35. The number of hydrogen-bond acceptors (Lipinski definition) is 3. The monoisotopic (exact) mass is 309 g/mol. The predicted molar refractivity (Wildman–Crippen MR) is 88.1 cm³/mol. The lowest BCUT2D eigenvalue weighted by Gasteiger charge is -2.08. The molecule has 0 saturated carbocycles. The molecule has 2 amide bonds. The van der Waals surface area contributed by atoms with Gasteiger partial charge in [-0.05, 0) is 41.8 Å². The van der Waals surface area contributed by atoms with Gasteiger partial charge in [0.25, 0.3) is 0 Å². The minimum atomic E-state index is -0.211. The van der Waals surface area contributed by atoms with E-state index in [1.165, 1.54) is 0 Å². The van der Waals surface area contributed by atoms with E-state index in [0.717, 1.165) is 23.3 Å². The van der Waals surface area contributed by atoms with Gasteiger partial charge >= 0.3 is 6.03 Å². The lowest BCUT2D eigenvalue weighted by molar-refractivity contribution is 0.240. The smallest absolute Gasteiger partial charge is 0.315 e. The molecule has 0 heterocycles. The van der Waals surface area contributed by atoms with Crippen LogP contribution in [0.4, 0.5) is 4.79 Å². The summed E-state index contributed by atoms with van der Waals surface area (Å²) in [6.07, 6.45) is 0.738. The van der Waals surface area contributed by atoms with Crippen LogP contribution in [0.15, 0.2) is 48.5 Å². The van der Waals surface area contributed by atoms with E-state index in [0.29, 0.717) is 18.7 Å². The Morgan fingerprint density at radius 2 is 1.91 bits per heavy atom. The fourth-order valence-electron chi connectivity index (χ4n) is 2.09. The molecule has 5 heteroatoms. The molecule has 0 unspecified atom stereocenters. The van der Waals surface area contributed by atoms with Gasteiger partial charge in [0, 0.05) is 13.1 Å². The molecule has 0 bridgehead atoms. The van der Waals surface area contributed by atoms with Crippen molar-refractivity contribution in [3.8, 4) is 11.8 Å². The molecular weight excluding hydrogens is 290 g/mol. The molecule has 5 nitrogen and oxygen atoms in total. The number of carbonyl (C=O) groups excluding carboxylic acids is 1. The molecule has 0 aromatic heterocycles. The Hall–Kier alpha value is -3.00. The molecular formula is C18H19N3O2. The lowest BCUT2D eigenvalue weighted by atomic mass is 10.1. The number of urea groups is 1. The molecule has 0 atom stereocenters. The van der Waals surface area contributed by atoms with Gasteiger partial charge in [0.15, 0.2) is 0 Å². The van der Waals surface area contributed by atoms with E-state index >= 15 is 0 Å². The summed E-state index contributed by atoms with van der Waals surface area (Å²) in [6, 6.07) is 16.7. The molecule has 23 heavy (non-hydrogen) atoms. The van der Waals surface area contributed by atoms with Gasteiger partial charge in [-0.15, -0.1) is 0 Å². The second-order valence-corrected chi connectivity index (χ2v) is 5.02. The SMILES string of the molecule is COc1cccc(CCNC(=O)NCc2ccc(C#N)cc2)c1. The lowest BCUT2D eigenvalue weighted by Crippen LogP contribution is -2.36. The van der Waals surface area contributed by atoms with E-state index in [2.05, 4.69) is 16.7 Å². The van der Waals surface area contributed by atoms with E-state index in [1.54, 1.807) is 19.2 Å². The number of nitrogens with one attached hydrogen (secondary N) is 2. The molecule has 2 aromatic carbocycles. The van der Waals surface area contributed by atoms with Crippen LogP contribution in [-0.4, -0.2) is 19.7 Å². The quantitative estimate of drug-likeness (QED) is 0.861. The van der Waals surface area contributed by atoms with Gasteiger partial charge in [0.05, 0.1) is 18.7 Å². The summed E-state index contributed by atoms with van der Waals surface area (Å²) in [4.78, 5) is 11.8. The number of ether oxygens (including phenoxy) is 1. The highest BCUT2D eigenvalue weighted by Gasteiger charge is 2.01. The Balaban J connectivity index is 1.71. The van der Waals surface area contributed by atoms with Gasteiger partial charge in [-0.3, -0.25) is 0 Å². The summed E-state index contributed by atoms with van der Waals surface area (Å²) in [6.45, 7) is 0.975.